The number of aliphatic carboxylic acids is 1. The Morgan fingerprint density at radius 1 is 0.605 bits per heavy atom. The number of carbonyl (C=O) groups excluding carboxylic acids is 2. The lowest BCUT2D eigenvalue weighted by Gasteiger charge is -2.15. The highest BCUT2D eigenvalue weighted by Gasteiger charge is 2.12. The molecule has 0 aromatic carbocycles. The lowest BCUT2D eigenvalue weighted by Crippen LogP contribution is -2.28. The fraction of sp³-hybridized carbons (Fsp3) is 0.811. The van der Waals surface area contributed by atoms with E-state index in [1.54, 1.807) is 0 Å². The molecule has 0 radical (unpaired) electrons. The van der Waals surface area contributed by atoms with Crippen molar-refractivity contribution in [1.82, 2.24) is 5.32 Å². The number of hydrogen-bond acceptors (Lipinski definition) is 4. The van der Waals surface area contributed by atoms with Gasteiger partial charge in [0.25, 0.3) is 0 Å². The molecule has 0 spiro atoms. The lowest BCUT2D eigenvalue weighted by atomic mass is 10.1. The first-order valence-electron chi connectivity index (χ1n) is 18.0. The molecule has 0 aliphatic rings. The minimum absolute atomic E-state index is 0.0915. The first-order chi connectivity index (χ1) is 21.0. The number of amides is 1. The number of rotatable bonds is 32. The van der Waals surface area contributed by atoms with Gasteiger partial charge in [0, 0.05) is 12.8 Å². The second-order valence-corrected chi connectivity index (χ2v) is 12.1. The molecule has 0 aromatic heterocycles. The quantitative estimate of drug-likeness (QED) is 0.0452. The zero-order valence-corrected chi connectivity index (χ0v) is 28.1. The Morgan fingerprint density at radius 3 is 1.63 bits per heavy atom. The first-order valence-corrected chi connectivity index (χ1v) is 18.0. The van der Waals surface area contributed by atoms with Crippen molar-refractivity contribution in [3.8, 4) is 0 Å². The molecule has 0 rings (SSSR count). The summed E-state index contributed by atoms with van der Waals surface area (Å²) in [6.45, 7) is 4.17. The molecule has 1 unspecified atom stereocenters. The van der Waals surface area contributed by atoms with Crippen molar-refractivity contribution >= 4 is 17.8 Å². The molecule has 43 heavy (non-hydrogen) atoms. The Morgan fingerprint density at radius 2 is 1.07 bits per heavy atom. The van der Waals surface area contributed by atoms with Crippen LogP contribution in [0, 0.1) is 0 Å². The Bertz CT molecular complexity index is 718. The summed E-state index contributed by atoms with van der Waals surface area (Å²) < 4.78 is 5.87. The van der Waals surface area contributed by atoms with E-state index in [0.717, 1.165) is 51.4 Å². The summed E-state index contributed by atoms with van der Waals surface area (Å²) in [4.78, 5) is 34.8. The third kappa shape index (κ3) is 32.6. The van der Waals surface area contributed by atoms with Gasteiger partial charge in [-0.15, -0.1) is 0 Å². The number of carbonyl (C=O) groups is 3. The van der Waals surface area contributed by atoms with Gasteiger partial charge in [0.15, 0.2) is 0 Å². The Labute approximate surface area is 264 Å². The van der Waals surface area contributed by atoms with Crippen LogP contribution in [0.25, 0.3) is 0 Å². The molecule has 0 bridgehead atoms. The number of nitrogens with one attached hydrogen (secondary N) is 1. The third-order valence-electron chi connectivity index (χ3n) is 7.83. The van der Waals surface area contributed by atoms with Crippen molar-refractivity contribution in [3.05, 3.63) is 24.3 Å². The molecule has 0 aliphatic carbocycles. The van der Waals surface area contributed by atoms with Gasteiger partial charge < -0.3 is 15.2 Å². The summed E-state index contributed by atoms with van der Waals surface area (Å²) in [6, 6.07) is 0. The van der Waals surface area contributed by atoms with E-state index in [1.807, 2.05) is 0 Å². The van der Waals surface area contributed by atoms with Crippen molar-refractivity contribution in [2.24, 2.45) is 0 Å². The standard InChI is InChI=1S/C37H67NO5/c1-3-5-7-9-11-13-14-15-16-17-18-20-22-28-32-37(42)43-34(29-25-21-19-12-10-8-6-4-2)30-26-23-24-27-31-35(39)38-33-36(40)41/h14-15,25,29,34H,3-13,16-24,26-28,30-33H2,1-2H3,(H,38,39)(H,40,41)/b15-14-,29-25-. The van der Waals surface area contributed by atoms with Crippen LogP contribution in [0.2, 0.25) is 0 Å². The summed E-state index contributed by atoms with van der Waals surface area (Å²) in [6.07, 6.45) is 37.3. The molecule has 0 fully saturated rings. The number of esters is 1. The fourth-order valence-electron chi connectivity index (χ4n) is 5.12. The highest BCUT2D eigenvalue weighted by Crippen LogP contribution is 2.15. The van der Waals surface area contributed by atoms with Crippen LogP contribution >= 0.6 is 0 Å². The van der Waals surface area contributed by atoms with Crippen LogP contribution in [-0.2, 0) is 19.1 Å². The maximum atomic E-state index is 12.6. The SMILES string of the molecule is CCCCCCC/C=C\CCCCCCCC(=O)OC(/C=C\CCCCCCCC)CCCCCCC(=O)NCC(=O)O. The van der Waals surface area contributed by atoms with Gasteiger partial charge >= 0.3 is 11.9 Å². The van der Waals surface area contributed by atoms with Crippen LogP contribution in [0.4, 0.5) is 0 Å². The first kappa shape index (κ1) is 40.9. The fourth-order valence-corrected chi connectivity index (χ4v) is 5.12. The zero-order chi connectivity index (χ0) is 31.6. The number of carboxylic acids is 1. The van der Waals surface area contributed by atoms with Crippen LogP contribution in [0.5, 0.6) is 0 Å². The molecule has 0 aliphatic heterocycles. The molecule has 0 aromatic rings. The van der Waals surface area contributed by atoms with Gasteiger partial charge in [-0.1, -0.05) is 122 Å². The van der Waals surface area contributed by atoms with E-state index in [1.165, 1.54) is 103 Å². The Hall–Kier alpha value is -2.11. The van der Waals surface area contributed by atoms with Gasteiger partial charge in [-0.05, 0) is 70.3 Å². The molecular formula is C37H67NO5. The highest BCUT2D eigenvalue weighted by molar-refractivity contribution is 5.80. The zero-order valence-electron chi connectivity index (χ0n) is 28.1. The van der Waals surface area contributed by atoms with Crippen molar-refractivity contribution in [1.29, 1.82) is 0 Å². The van der Waals surface area contributed by atoms with Crippen LogP contribution in [0.1, 0.15) is 181 Å². The maximum Gasteiger partial charge on any atom is 0.322 e. The van der Waals surface area contributed by atoms with Gasteiger partial charge in [0.05, 0.1) is 0 Å². The molecule has 0 saturated heterocycles. The Balaban J connectivity index is 4.17. The van der Waals surface area contributed by atoms with Gasteiger partial charge in [-0.3, -0.25) is 14.4 Å². The minimum atomic E-state index is -1.03. The van der Waals surface area contributed by atoms with Crippen LogP contribution in [-0.4, -0.2) is 35.6 Å². The monoisotopic (exact) mass is 606 g/mol. The van der Waals surface area contributed by atoms with E-state index < -0.39 is 5.97 Å². The molecule has 2 N–H and O–H groups in total. The van der Waals surface area contributed by atoms with Gasteiger partial charge in [0.2, 0.25) is 5.91 Å². The topological polar surface area (TPSA) is 92.7 Å². The number of ether oxygens (including phenoxy) is 1. The minimum Gasteiger partial charge on any atom is -0.480 e. The summed E-state index contributed by atoms with van der Waals surface area (Å²) in [5.41, 5.74) is 0. The van der Waals surface area contributed by atoms with E-state index >= 15 is 0 Å². The van der Waals surface area contributed by atoms with E-state index in [0.29, 0.717) is 12.8 Å². The van der Waals surface area contributed by atoms with Crippen molar-refractivity contribution in [3.63, 3.8) is 0 Å². The second-order valence-electron chi connectivity index (χ2n) is 12.1. The summed E-state index contributed by atoms with van der Waals surface area (Å²) in [5, 5.41) is 11.0. The summed E-state index contributed by atoms with van der Waals surface area (Å²) in [5.74, 6) is -1.33. The number of hydrogen-bond donors (Lipinski definition) is 2. The van der Waals surface area contributed by atoms with Crippen LogP contribution in [0.3, 0.4) is 0 Å². The number of carboxylic acid groups (broad SMARTS) is 1. The molecular weight excluding hydrogens is 538 g/mol. The lowest BCUT2D eigenvalue weighted by molar-refractivity contribution is -0.147. The molecule has 1 amide bonds. The van der Waals surface area contributed by atoms with E-state index in [-0.39, 0.29) is 24.5 Å². The molecule has 0 saturated carbocycles. The van der Waals surface area contributed by atoms with E-state index in [9.17, 15) is 14.4 Å². The average molecular weight is 606 g/mol. The Kier molecular flexibility index (Phi) is 31.2. The van der Waals surface area contributed by atoms with Crippen molar-refractivity contribution in [2.45, 2.75) is 187 Å². The number of unbranched alkanes of at least 4 members (excludes halogenated alkanes) is 19. The summed E-state index contributed by atoms with van der Waals surface area (Å²) in [7, 11) is 0. The van der Waals surface area contributed by atoms with E-state index in [4.69, 9.17) is 9.84 Å². The molecule has 1 atom stereocenters. The summed E-state index contributed by atoms with van der Waals surface area (Å²) >= 11 is 0. The second kappa shape index (κ2) is 32.8. The predicted molar refractivity (Wildman–Crippen MR) is 180 cm³/mol. The van der Waals surface area contributed by atoms with E-state index in [2.05, 4.69) is 43.5 Å². The van der Waals surface area contributed by atoms with Gasteiger partial charge in [0.1, 0.15) is 12.6 Å². The highest BCUT2D eigenvalue weighted by atomic mass is 16.5. The predicted octanol–water partition coefficient (Wildman–Crippen LogP) is 10.4. The van der Waals surface area contributed by atoms with Crippen molar-refractivity contribution in [2.75, 3.05) is 6.54 Å². The average Bonchev–Trinajstić information content (AvgIpc) is 2.99. The smallest absolute Gasteiger partial charge is 0.322 e. The van der Waals surface area contributed by atoms with Crippen LogP contribution in [0.15, 0.2) is 24.3 Å². The largest absolute Gasteiger partial charge is 0.480 e. The number of allylic oxidation sites excluding steroid dienone is 3. The normalized spacial score (nSPS) is 12.2. The molecule has 6 nitrogen and oxygen atoms in total. The molecule has 0 heterocycles. The molecule has 6 heteroatoms. The third-order valence-corrected chi connectivity index (χ3v) is 7.83. The van der Waals surface area contributed by atoms with Gasteiger partial charge in [-0.25, -0.2) is 0 Å². The van der Waals surface area contributed by atoms with Crippen molar-refractivity contribution < 1.29 is 24.2 Å². The molecule has 250 valence electrons. The van der Waals surface area contributed by atoms with Crippen LogP contribution < -0.4 is 5.32 Å². The van der Waals surface area contributed by atoms with Gasteiger partial charge in [-0.2, -0.15) is 0 Å². The maximum absolute atomic E-state index is 12.6.